The molecule has 1 heterocycles. The van der Waals surface area contributed by atoms with Crippen LogP contribution >= 0.6 is 11.3 Å². The van der Waals surface area contributed by atoms with E-state index in [2.05, 4.69) is 29.5 Å². The number of hydrogen-bond acceptors (Lipinski definition) is 4. The normalized spacial score (nSPS) is 12.7. The number of nitrogens with zero attached hydrogens (tertiary/aromatic N) is 1. The molecule has 21 heavy (non-hydrogen) atoms. The molecular weight excluding hydrogens is 280 g/mol. The van der Waals surface area contributed by atoms with E-state index in [1.807, 2.05) is 0 Å². The third kappa shape index (κ3) is 8.54. The van der Waals surface area contributed by atoms with Crippen LogP contribution in [0.25, 0.3) is 0 Å². The Bertz CT molecular complexity index is 354. The Hall–Kier alpha value is -0.450. The Balaban J connectivity index is 2.25. The molecule has 0 bridgehead atoms. The van der Waals surface area contributed by atoms with Crippen molar-refractivity contribution in [1.29, 1.82) is 0 Å². The number of hydrogen-bond donors (Lipinski definition) is 1. The molecule has 4 heteroatoms. The molecule has 1 rings (SSSR count). The van der Waals surface area contributed by atoms with Crippen LogP contribution in [0, 0.1) is 6.92 Å². The Morgan fingerprint density at radius 2 is 1.90 bits per heavy atom. The topological polar surface area (TPSA) is 34.1 Å². The first-order chi connectivity index (χ1) is 10.3. The molecule has 0 aromatic carbocycles. The highest BCUT2D eigenvalue weighted by Gasteiger charge is 2.13. The van der Waals surface area contributed by atoms with E-state index in [9.17, 15) is 0 Å². The molecule has 122 valence electrons. The smallest absolute Gasteiger partial charge is 0.110 e. The van der Waals surface area contributed by atoms with Gasteiger partial charge in [0.2, 0.25) is 0 Å². The van der Waals surface area contributed by atoms with Gasteiger partial charge >= 0.3 is 0 Å². The van der Waals surface area contributed by atoms with Gasteiger partial charge in [-0.1, -0.05) is 51.9 Å². The van der Waals surface area contributed by atoms with Crippen molar-refractivity contribution in [2.24, 2.45) is 0 Å². The second-order valence-electron chi connectivity index (χ2n) is 5.74. The summed E-state index contributed by atoms with van der Waals surface area (Å²) >= 11 is 1.78. The summed E-state index contributed by atoms with van der Waals surface area (Å²) in [5, 5.41) is 6.96. The average Bonchev–Trinajstić information content (AvgIpc) is 2.91. The highest BCUT2D eigenvalue weighted by atomic mass is 32.1. The Morgan fingerprint density at radius 1 is 1.19 bits per heavy atom. The first-order valence-corrected chi connectivity index (χ1v) is 9.30. The maximum atomic E-state index is 5.13. The number of rotatable bonds is 13. The van der Waals surface area contributed by atoms with E-state index in [0.29, 0.717) is 6.04 Å². The summed E-state index contributed by atoms with van der Waals surface area (Å²) in [6.45, 7) is 6.00. The first kappa shape index (κ1) is 18.6. The van der Waals surface area contributed by atoms with E-state index in [-0.39, 0.29) is 0 Å². The summed E-state index contributed by atoms with van der Waals surface area (Å²) < 4.78 is 5.13. The van der Waals surface area contributed by atoms with E-state index in [0.717, 1.165) is 18.8 Å². The molecule has 0 aliphatic carbocycles. The third-order valence-corrected chi connectivity index (χ3v) is 4.80. The van der Waals surface area contributed by atoms with Crippen molar-refractivity contribution in [3.8, 4) is 0 Å². The summed E-state index contributed by atoms with van der Waals surface area (Å²) in [5.74, 6) is 0. The molecule has 1 N–H and O–H groups in total. The Morgan fingerprint density at radius 3 is 2.52 bits per heavy atom. The van der Waals surface area contributed by atoms with Gasteiger partial charge in [0, 0.05) is 24.7 Å². The SMILES string of the molecule is CCCCCCCCCC(NCCOC)c1nc(C)cs1. The monoisotopic (exact) mass is 312 g/mol. The first-order valence-electron chi connectivity index (χ1n) is 8.42. The van der Waals surface area contributed by atoms with Crippen LogP contribution in [0.1, 0.15) is 75.0 Å². The summed E-state index contributed by atoms with van der Waals surface area (Å²) in [6.07, 6.45) is 10.7. The van der Waals surface area contributed by atoms with Gasteiger partial charge in [-0.15, -0.1) is 11.3 Å². The molecule has 1 atom stereocenters. The summed E-state index contributed by atoms with van der Waals surface area (Å²) in [4.78, 5) is 4.64. The second-order valence-corrected chi connectivity index (χ2v) is 6.63. The van der Waals surface area contributed by atoms with Crippen LogP contribution in [0.15, 0.2) is 5.38 Å². The lowest BCUT2D eigenvalue weighted by molar-refractivity contribution is 0.194. The van der Waals surface area contributed by atoms with Crippen LogP contribution in [-0.2, 0) is 4.74 Å². The highest BCUT2D eigenvalue weighted by Crippen LogP contribution is 2.23. The predicted octanol–water partition coefficient (Wildman–Crippen LogP) is 4.87. The minimum absolute atomic E-state index is 0.398. The average molecular weight is 313 g/mol. The van der Waals surface area contributed by atoms with Crippen molar-refractivity contribution in [3.63, 3.8) is 0 Å². The van der Waals surface area contributed by atoms with Crippen molar-refractivity contribution >= 4 is 11.3 Å². The molecule has 1 aromatic heterocycles. The molecule has 0 radical (unpaired) electrons. The third-order valence-electron chi connectivity index (χ3n) is 3.73. The van der Waals surface area contributed by atoms with Gasteiger partial charge in [-0.05, 0) is 13.3 Å². The molecule has 0 saturated carbocycles. The zero-order chi connectivity index (χ0) is 15.3. The van der Waals surface area contributed by atoms with Crippen molar-refractivity contribution < 1.29 is 4.74 Å². The van der Waals surface area contributed by atoms with Gasteiger partial charge < -0.3 is 10.1 Å². The molecule has 0 fully saturated rings. The summed E-state index contributed by atoms with van der Waals surface area (Å²) in [5.41, 5.74) is 1.13. The largest absolute Gasteiger partial charge is 0.383 e. The lowest BCUT2D eigenvalue weighted by Gasteiger charge is -2.16. The van der Waals surface area contributed by atoms with E-state index >= 15 is 0 Å². The van der Waals surface area contributed by atoms with Crippen LogP contribution in [0.4, 0.5) is 0 Å². The van der Waals surface area contributed by atoms with Gasteiger partial charge in [-0.25, -0.2) is 4.98 Å². The molecule has 3 nitrogen and oxygen atoms in total. The Kier molecular flexibility index (Phi) is 10.7. The standard InChI is InChI=1S/C17H32N2OS/c1-4-5-6-7-8-9-10-11-16(18-12-13-20-3)17-19-15(2)14-21-17/h14,16,18H,4-13H2,1-3H3. The van der Waals surface area contributed by atoms with Gasteiger partial charge in [0.1, 0.15) is 5.01 Å². The molecule has 0 saturated heterocycles. The number of aromatic nitrogens is 1. The maximum absolute atomic E-state index is 5.13. The van der Waals surface area contributed by atoms with Gasteiger partial charge in [0.15, 0.2) is 0 Å². The van der Waals surface area contributed by atoms with Crippen LogP contribution in [0.3, 0.4) is 0 Å². The predicted molar refractivity (Wildman–Crippen MR) is 92.1 cm³/mol. The van der Waals surface area contributed by atoms with Crippen molar-refractivity contribution in [1.82, 2.24) is 10.3 Å². The zero-order valence-electron chi connectivity index (χ0n) is 14.0. The molecule has 0 aliphatic rings. The molecule has 1 aromatic rings. The van der Waals surface area contributed by atoms with Gasteiger partial charge in [0.25, 0.3) is 0 Å². The van der Waals surface area contributed by atoms with Crippen molar-refractivity contribution in [3.05, 3.63) is 16.1 Å². The van der Waals surface area contributed by atoms with Crippen LogP contribution in [-0.4, -0.2) is 25.2 Å². The van der Waals surface area contributed by atoms with Gasteiger partial charge in [0.05, 0.1) is 12.6 Å². The van der Waals surface area contributed by atoms with E-state index < -0.39 is 0 Å². The minimum Gasteiger partial charge on any atom is -0.383 e. The molecule has 0 amide bonds. The molecule has 0 aliphatic heterocycles. The summed E-state index contributed by atoms with van der Waals surface area (Å²) in [7, 11) is 1.75. The molecule has 0 spiro atoms. The fourth-order valence-electron chi connectivity index (χ4n) is 2.49. The van der Waals surface area contributed by atoms with E-state index in [4.69, 9.17) is 4.74 Å². The van der Waals surface area contributed by atoms with Crippen LogP contribution in [0.2, 0.25) is 0 Å². The zero-order valence-corrected chi connectivity index (χ0v) is 14.8. The van der Waals surface area contributed by atoms with Crippen molar-refractivity contribution in [2.45, 2.75) is 71.3 Å². The van der Waals surface area contributed by atoms with E-state index in [1.54, 1.807) is 18.4 Å². The van der Waals surface area contributed by atoms with Gasteiger partial charge in [-0.3, -0.25) is 0 Å². The maximum Gasteiger partial charge on any atom is 0.110 e. The fraction of sp³-hybridized carbons (Fsp3) is 0.824. The number of ether oxygens (including phenoxy) is 1. The lowest BCUT2D eigenvalue weighted by Crippen LogP contribution is -2.25. The fourth-order valence-corrected chi connectivity index (χ4v) is 3.39. The van der Waals surface area contributed by atoms with Crippen LogP contribution < -0.4 is 5.32 Å². The number of aryl methyl sites for hydroxylation is 1. The Labute approximate surface area is 134 Å². The van der Waals surface area contributed by atoms with Crippen molar-refractivity contribution in [2.75, 3.05) is 20.3 Å². The lowest BCUT2D eigenvalue weighted by atomic mass is 10.1. The molecule has 1 unspecified atom stereocenters. The summed E-state index contributed by atoms with van der Waals surface area (Å²) in [6, 6.07) is 0.398. The number of unbranched alkanes of at least 4 members (excludes halogenated alkanes) is 6. The molecular formula is C17H32N2OS. The van der Waals surface area contributed by atoms with E-state index in [1.165, 1.54) is 56.4 Å². The highest BCUT2D eigenvalue weighted by molar-refractivity contribution is 7.09. The quantitative estimate of drug-likeness (QED) is 0.528. The second kappa shape index (κ2) is 12.1. The van der Waals surface area contributed by atoms with Gasteiger partial charge in [-0.2, -0.15) is 0 Å². The van der Waals surface area contributed by atoms with Crippen LogP contribution in [0.5, 0.6) is 0 Å². The number of thiazole rings is 1. The minimum atomic E-state index is 0.398. The number of methoxy groups -OCH3 is 1. The number of nitrogens with one attached hydrogen (secondary N) is 1.